The first-order chi connectivity index (χ1) is 17.7. The van der Waals surface area contributed by atoms with E-state index in [0.717, 1.165) is 51.4 Å². The molecule has 1 aromatic heterocycles. The quantitative estimate of drug-likeness (QED) is 0.477. The number of aliphatic carboxylic acids is 2. The lowest BCUT2D eigenvalue weighted by molar-refractivity contribution is -0.193. The van der Waals surface area contributed by atoms with Gasteiger partial charge in [0.15, 0.2) is 0 Å². The number of halogens is 6. The Kier molecular flexibility index (Phi) is 11.3. The van der Waals surface area contributed by atoms with Crippen LogP contribution in [-0.4, -0.2) is 95.9 Å². The van der Waals surface area contributed by atoms with Gasteiger partial charge in [0.2, 0.25) is 5.91 Å². The number of hydrogen-bond donors (Lipinski definition) is 3. The number of aromatic nitrogens is 1. The fourth-order valence-corrected chi connectivity index (χ4v) is 4.32. The number of nitrogens with zero attached hydrogens (tertiary/aromatic N) is 2. The van der Waals surface area contributed by atoms with Crippen LogP contribution in [0, 0.1) is 17.8 Å². The van der Waals surface area contributed by atoms with Crippen LogP contribution in [0.15, 0.2) is 24.5 Å². The smallest absolute Gasteiger partial charge is 0.475 e. The molecule has 1 aromatic rings. The van der Waals surface area contributed by atoms with Crippen molar-refractivity contribution in [3.05, 3.63) is 24.5 Å². The molecule has 3 saturated heterocycles. The van der Waals surface area contributed by atoms with E-state index in [0.29, 0.717) is 24.5 Å². The number of carboxylic acids is 2. The zero-order chi connectivity index (χ0) is 28.5. The average molecular weight is 559 g/mol. The van der Waals surface area contributed by atoms with Gasteiger partial charge in [-0.25, -0.2) is 9.59 Å². The second-order valence-corrected chi connectivity index (χ2v) is 8.70. The van der Waals surface area contributed by atoms with Crippen molar-refractivity contribution in [1.29, 1.82) is 0 Å². The molecule has 3 N–H and O–H groups in total. The van der Waals surface area contributed by atoms with Gasteiger partial charge in [0, 0.05) is 38.5 Å². The Balaban J connectivity index is 0.000000301. The highest BCUT2D eigenvalue weighted by molar-refractivity contribution is 5.92. The van der Waals surface area contributed by atoms with Crippen LogP contribution in [0.1, 0.15) is 12.8 Å². The molecule has 3 fully saturated rings. The second-order valence-electron chi connectivity index (χ2n) is 8.70. The van der Waals surface area contributed by atoms with E-state index in [1.807, 2.05) is 12.1 Å². The van der Waals surface area contributed by atoms with E-state index in [-0.39, 0.29) is 11.8 Å². The normalized spacial score (nSPS) is 24.1. The van der Waals surface area contributed by atoms with Gasteiger partial charge in [-0.15, -0.1) is 0 Å². The first-order valence-electron chi connectivity index (χ1n) is 11.4. The number of carbonyl (C=O) groups excluding carboxylic acids is 1. The summed E-state index contributed by atoms with van der Waals surface area (Å²) in [6.45, 7) is 5.07. The van der Waals surface area contributed by atoms with Crippen LogP contribution >= 0.6 is 0 Å². The Morgan fingerprint density at radius 2 is 1.53 bits per heavy atom. The number of alkyl halides is 6. The summed E-state index contributed by atoms with van der Waals surface area (Å²) in [5.41, 5.74) is 0.754. The van der Waals surface area contributed by atoms with Crippen LogP contribution < -0.4 is 5.32 Å². The number of ether oxygens (including phenoxy) is 2. The third-order valence-corrected chi connectivity index (χ3v) is 6.12. The predicted molar refractivity (Wildman–Crippen MR) is 117 cm³/mol. The van der Waals surface area contributed by atoms with Gasteiger partial charge in [-0.3, -0.25) is 14.7 Å². The maximum atomic E-state index is 12.7. The summed E-state index contributed by atoms with van der Waals surface area (Å²) in [6, 6.07) is 4.30. The molecule has 0 bridgehead atoms. The van der Waals surface area contributed by atoms with E-state index in [4.69, 9.17) is 29.3 Å². The molecule has 3 atom stereocenters. The Hall–Kier alpha value is -2.98. The number of rotatable bonds is 3. The van der Waals surface area contributed by atoms with Crippen molar-refractivity contribution in [3.8, 4) is 0 Å². The van der Waals surface area contributed by atoms with Crippen molar-refractivity contribution in [2.24, 2.45) is 17.8 Å². The monoisotopic (exact) mass is 559 g/mol. The molecular formula is C22H27F6N3O7. The van der Waals surface area contributed by atoms with E-state index in [1.165, 1.54) is 0 Å². The van der Waals surface area contributed by atoms with Crippen LogP contribution in [0.4, 0.5) is 32.0 Å². The molecule has 0 saturated carbocycles. The van der Waals surface area contributed by atoms with Crippen molar-refractivity contribution in [2.45, 2.75) is 31.2 Å². The predicted octanol–water partition coefficient (Wildman–Crippen LogP) is 2.66. The highest BCUT2D eigenvalue weighted by Gasteiger charge is 2.45. The SMILES string of the molecule is O=C(Nc1cccnc1)[C@@H]1COC[C@H]2CN(C3CCOCC3)C[C@H]21.O=C(O)C(F)(F)F.O=C(O)C(F)(F)F. The molecule has 0 aliphatic carbocycles. The molecule has 0 spiro atoms. The molecule has 0 aromatic carbocycles. The third kappa shape index (κ3) is 9.72. The van der Waals surface area contributed by atoms with Crippen LogP contribution in [0.2, 0.25) is 0 Å². The molecule has 3 aliphatic heterocycles. The van der Waals surface area contributed by atoms with Crippen molar-refractivity contribution in [3.63, 3.8) is 0 Å². The lowest BCUT2D eigenvalue weighted by Gasteiger charge is -2.32. The highest BCUT2D eigenvalue weighted by atomic mass is 19.4. The summed E-state index contributed by atoms with van der Waals surface area (Å²) < 4.78 is 74.7. The average Bonchev–Trinajstić information content (AvgIpc) is 3.29. The molecule has 0 radical (unpaired) electrons. The first-order valence-corrected chi connectivity index (χ1v) is 11.4. The zero-order valence-electron chi connectivity index (χ0n) is 19.9. The minimum atomic E-state index is -5.08. The summed E-state index contributed by atoms with van der Waals surface area (Å²) >= 11 is 0. The standard InChI is InChI=1S/C18H25N3O3.2C2HF3O2/c22-18(20-14-2-1-5-19-8-14)17-12-24-11-13-9-21(10-16(13)17)15-3-6-23-7-4-15;2*3-2(4,5)1(6)7/h1-2,5,8,13,15-17H,3-4,6-7,9-12H2,(H,20,22);2*(H,6,7)/t13-,16-,17-;;/m1../s1. The summed E-state index contributed by atoms with van der Waals surface area (Å²) in [6.07, 6.45) is -4.57. The van der Waals surface area contributed by atoms with E-state index in [9.17, 15) is 31.1 Å². The molecule has 10 nitrogen and oxygen atoms in total. The number of carboxylic acid groups (broad SMARTS) is 2. The Morgan fingerprint density at radius 3 is 2.03 bits per heavy atom. The fourth-order valence-electron chi connectivity index (χ4n) is 4.32. The largest absolute Gasteiger partial charge is 0.490 e. The van der Waals surface area contributed by atoms with E-state index in [2.05, 4.69) is 15.2 Å². The molecule has 38 heavy (non-hydrogen) atoms. The van der Waals surface area contributed by atoms with Crippen LogP contribution in [0.5, 0.6) is 0 Å². The van der Waals surface area contributed by atoms with Crippen molar-refractivity contribution in [2.75, 3.05) is 44.8 Å². The number of carbonyl (C=O) groups is 3. The Morgan fingerprint density at radius 1 is 0.947 bits per heavy atom. The van der Waals surface area contributed by atoms with Gasteiger partial charge in [0.1, 0.15) is 0 Å². The number of amides is 1. The molecular weight excluding hydrogens is 532 g/mol. The Labute approximate surface area is 212 Å². The van der Waals surface area contributed by atoms with Gasteiger partial charge in [-0.05, 0) is 36.8 Å². The number of pyridine rings is 1. The lowest BCUT2D eigenvalue weighted by atomic mass is 9.82. The summed E-state index contributed by atoms with van der Waals surface area (Å²) in [5.74, 6) is -4.68. The number of nitrogens with one attached hydrogen (secondary N) is 1. The number of anilines is 1. The molecule has 0 unspecified atom stereocenters. The van der Waals surface area contributed by atoms with Gasteiger partial charge in [-0.1, -0.05) is 0 Å². The minimum absolute atomic E-state index is 0.0616. The number of likely N-dealkylation sites (tertiary alicyclic amines) is 1. The van der Waals surface area contributed by atoms with Gasteiger partial charge >= 0.3 is 24.3 Å². The summed E-state index contributed by atoms with van der Waals surface area (Å²) in [7, 11) is 0. The van der Waals surface area contributed by atoms with Crippen LogP contribution in [0.25, 0.3) is 0 Å². The maximum absolute atomic E-state index is 12.7. The lowest BCUT2D eigenvalue weighted by Crippen LogP contribution is -2.42. The topological polar surface area (TPSA) is 138 Å². The highest BCUT2D eigenvalue weighted by Crippen LogP contribution is 2.36. The van der Waals surface area contributed by atoms with Crippen LogP contribution in [0.3, 0.4) is 0 Å². The third-order valence-electron chi connectivity index (χ3n) is 6.12. The van der Waals surface area contributed by atoms with Crippen molar-refractivity contribution < 1.29 is 60.4 Å². The second kappa shape index (κ2) is 13.7. The molecule has 1 amide bonds. The van der Waals surface area contributed by atoms with E-state index in [1.54, 1.807) is 12.4 Å². The molecule has 214 valence electrons. The van der Waals surface area contributed by atoms with E-state index >= 15 is 0 Å². The van der Waals surface area contributed by atoms with Gasteiger partial charge in [0.25, 0.3) is 0 Å². The minimum Gasteiger partial charge on any atom is -0.475 e. The molecule has 16 heteroatoms. The fraction of sp³-hybridized carbons (Fsp3) is 0.636. The Bertz CT molecular complexity index is 902. The van der Waals surface area contributed by atoms with Gasteiger partial charge in [-0.2, -0.15) is 26.3 Å². The first kappa shape index (κ1) is 31.2. The summed E-state index contributed by atoms with van der Waals surface area (Å²) in [4.78, 5) is 37.2. The zero-order valence-corrected chi connectivity index (χ0v) is 19.9. The van der Waals surface area contributed by atoms with Gasteiger partial charge in [0.05, 0.1) is 31.0 Å². The summed E-state index contributed by atoms with van der Waals surface area (Å²) in [5, 5.41) is 17.2. The molecule has 4 heterocycles. The van der Waals surface area contributed by atoms with Crippen LogP contribution in [-0.2, 0) is 23.9 Å². The number of hydrogen-bond acceptors (Lipinski definition) is 7. The molecule has 3 aliphatic rings. The van der Waals surface area contributed by atoms with Crippen molar-refractivity contribution in [1.82, 2.24) is 9.88 Å². The van der Waals surface area contributed by atoms with Gasteiger partial charge < -0.3 is 25.0 Å². The molecule has 4 rings (SSSR count). The number of fused-ring (bicyclic) bond motifs is 1. The van der Waals surface area contributed by atoms with E-state index < -0.39 is 24.3 Å². The van der Waals surface area contributed by atoms with Crippen molar-refractivity contribution >= 4 is 23.5 Å². The maximum Gasteiger partial charge on any atom is 0.490 e.